The van der Waals surface area contributed by atoms with Crippen molar-refractivity contribution in [2.75, 3.05) is 44.7 Å². The summed E-state index contributed by atoms with van der Waals surface area (Å²) in [4.78, 5) is 7.17. The molecule has 0 atom stereocenters. The molecule has 1 N–H and O–H groups in total. The standard InChI is InChI=1S/C18H22ClN5O/c1-13-16(19)18-21-17(14-5-2-3-6-15(14)24(18)22-13)20-7-4-8-23-9-11-25-12-10-23/h2-3,5-6H,4,7-12H2,1H3,(H,20,21). The number of aryl methyl sites for hydroxylation is 1. The molecule has 132 valence electrons. The lowest BCUT2D eigenvalue weighted by molar-refractivity contribution is 0.0378. The molecule has 0 saturated carbocycles. The number of nitrogens with one attached hydrogen (secondary N) is 1. The normalized spacial score (nSPS) is 15.9. The first-order valence-electron chi connectivity index (χ1n) is 8.71. The molecule has 7 heteroatoms. The number of nitrogens with zero attached hydrogens (tertiary/aromatic N) is 4. The van der Waals surface area contributed by atoms with Crippen molar-refractivity contribution in [1.82, 2.24) is 19.5 Å². The van der Waals surface area contributed by atoms with E-state index in [2.05, 4.69) is 21.4 Å². The molecule has 25 heavy (non-hydrogen) atoms. The first-order chi connectivity index (χ1) is 12.2. The van der Waals surface area contributed by atoms with Gasteiger partial charge in [-0.1, -0.05) is 23.7 Å². The molecule has 1 aromatic carbocycles. The molecular formula is C18H22ClN5O. The number of anilines is 1. The second kappa shape index (κ2) is 7.15. The fourth-order valence-corrected chi connectivity index (χ4v) is 3.41. The molecule has 0 bridgehead atoms. The monoisotopic (exact) mass is 359 g/mol. The SMILES string of the molecule is Cc1nn2c(nc(NCCCN3CCOCC3)c3ccccc32)c1Cl. The summed E-state index contributed by atoms with van der Waals surface area (Å²) < 4.78 is 7.21. The van der Waals surface area contributed by atoms with E-state index < -0.39 is 0 Å². The van der Waals surface area contributed by atoms with Gasteiger partial charge >= 0.3 is 0 Å². The molecule has 1 saturated heterocycles. The number of fused-ring (bicyclic) bond motifs is 3. The van der Waals surface area contributed by atoms with Crippen LogP contribution in [0.2, 0.25) is 5.02 Å². The van der Waals surface area contributed by atoms with Crippen LogP contribution in [0.3, 0.4) is 0 Å². The highest BCUT2D eigenvalue weighted by molar-refractivity contribution is 6.34. The molecule has 6 nitrogen and oxygen atoms in total. The molecule has 3 heterocycles. The second-order valence-corrected chi connectivity index (χ2v) is 6.72. The third-order valence-electron chi connectivity index (χ3n) is 4.62. The summed E-state index contributed by atoms with van der Waals surface area (Å²) in [7, 11) is 0. The minimum Gasteiger partial charge on any atom is -0.379 e. The molecule has 0 aliphatic carbocycles. The van der Waals surface area contributed by atoms with Crippen molar-refractivity contribution >= 4 is 34.0 Å². The number of morpholine rings is 1. The number of halogens is 1. The van der Waals surface area contributed by atoms with Crippen LogP contribution in [0.5, 0.6) is 0 Å². The summed E-state index contributed by atoms with van der Waals surface area (Å²) in [6.07, 6.45) is 1.06. The van der Waals surface area contributed by atoms with Crippen LogP contribution in [-0.2, 0) is 4.74 Å². The lowest BCUT2D eigenvalue weighted by Gasteiger charge is -2.26. The van der Waals surface area contributed by atoms with E-state index in [4.69, 9.17) is 21.3 Å². The van der Waals surface area contributed by atoms with Crippen LogP contribution < -0.4 is 5.32 Å². The molecule has 0 spiro atoms. The lowest BCUT2D eigenvalue weighted by atomic mass is 10.2. The van der Waals surface area contributed by atoms with Gasteiger partial charge in [-0.2, -0.15) is 5.10 Å². The van der Waals surface area contributed by atoms with Gasteiger partial charge in [-0.3, -0.25) is 4.90 Å². The highest BCUT2D eigenvalue weighted by Gasteiger charge is 2.14. The Bertz CT molecular complexity index is 888. The third-order valence-corrected chi connectivity index (χ3v) is 5.06. The molecule has 3 aromatic rings. The number of ether oxygens (including phenoxy) is 1. The highest BCUT2D eigenvalue weighted by atomic mass is 35.5. The van der Waals surface area contributed by atoms with Crippen LogP contribution >= 0.6 is 11.6 Å². The number of benzene rings is 1. The summed E-state index contributed by atoms with van der Waals surface area (Å²) in [6.45, 7) is 7.58. The molecule has 1 aliphatic heterocycles. The number of rotatable bonds is 5. The molecule has 0 radical (unpaired) electrons. The van der Waals surface area contributed by atoms with Gasteiger partial charge in [-0.15, -0.1) is 0 Å². The first-order valence-corrected chi connectivity index (χ1v) is 9.09. The van der Waals surface area contributed by atoms with E-state index in [1.54, 1.807) is 0 Å². The molecule has 0 unspecified atom stereocenters. The minimum absolute atomic E-state index is 0.613. The third kappa shape index (κ3) is 3.29. The quantitative estimate of drug-likeness (QED) is 0.710. The van der Waals surface area contributed by atoms with E-state index in [1.807, 2.05) is 29.6 Å². The van der Waals surface area contributed by atoms with Crippen molar-refractivity contribution in [2.24, 2.45) is 0 Å². The Morgan fingerprint density at radius 3 is 2.88 bits per heavy atom. The molecule has 0 amide bonds. The molecule has 1 fully saturated rings. The second-order valence-electron chi connectivity index (χ2n) is 6.35. The molecule has 2 aromatic heterocycles. The van der Waals surface area contributed by atoms with Crippen molar-refractivity contribution in [3.63, 3.8) is 0 Å². The number of aromatic nitrogens is 3. The summed E-state index contributed by atoms with van der Waals surface area (Å²) in [5.41, 5.74) is 2.51. The van der Waals surface area contributed by atoms with Gasteiger partial charge in [0.25, 0.3) is 0 Å². The van der Waals surface area contributed by atoms with E-state index in [0.29, 0.717) is 10.7 Å². The van der Waals surface area contributed by atoms with Crippen LogP contribution in [0.1, 0.15) is 12.1 Å². The lowest BCUT2D eigenvalue weighted by Crippen LogP contribution is -2.37. The zero-order chi connectivity index (χ0) is 17.2. The van der Waals surface area contributed by atoms with Gasteiger partial charge in [0.05, 0.1) is 24.4 Å². The predicted octanol–water partition coefficient (Wildman–Crippen LogP) is 2.98. The molecule has 4 rings (SSSR count). The molecule has 1 aliphatic rings. The van der Waals surface area contributed by atoms with Gasteiger partial charge in [-0.25, -0.2) is 9.50 Å². The fourth-order valence-electron chi connectivity index (χ4n) is 3.25. The largest absolute Gasteiger partial charge is 0.379 e. The Morgan fingerprint density at radius 1 is 1.24 bits per heavy atom. The Balaban J connectivity index is 1.54. The highest BCUT2D eigenvalue weighted by Crippen LogP contribution is 2.28. The number of hydrogen-bond acceptors (Lipinski definition) is 5. The van der Waals surface area contributed by atoms with Crippen LogP contribution in [0.15, 0.2) is 24.3 Å². The van der Waals surface area contributed by atoms with Gasteiger partial charge in [0.2, 0.25) is 0 Å². The van der Waals surface area contributed by atoms with Crippen LogP contribution in [0.25, 0.3) is 16.6 Å². The summed E-state index contributed by atoms with van der Waals surface area (Å²) in [6, 6.07) is 8.14. The average molecular weight is 360 g/mol. The van der Waals surface area contributed by atoms with E-state index in [0.717, 1.165) is 68.2 Å². The van der Waals surface area contributed by atoms with Crippen LogP contribution in [0, 0.1) is 6.92 Å². The Hall–Kier alpha value is -1.89. The Kier molecular flexibility index (Phi) is 4.74. The maximum Gasteiger partial charge on any atom is 0.176 e. The van der Waals surface area contributed by atoms with Crippen LogP contribution in [-0.4, -0.2) is 58.9 Å². The van der Waals surface area contributed by atoms with E-state index in [9.17, 15) is 0 Å². The van der Waals surface area contributed by atoms with Gasteiger partial charge in [0, 0.05) is 25.0 Å². The Labute approximate surface area is 151 Å². The van der Waals surface area contributed by atoms with Gasteiger partial charge in [-0.05, 0) is 32.0 Å². The topological polar surface area (TPSA) is 54.7 Å². The van der Waals surface area contributed by atoms with Gasteiger partial charge in [0.15, 0.2) is 5.65 Å². The maximum atomic E-state index is 6.38. The van der Waals surface area contributed by atoms with Crippen molar-refractivity contribution in [2.45, 2.75) is 13.3 Å². The van der Waals surface area contributed by atoms with Crippen molar-refractivity contribution in [1.29, 1.82) is 0 Å². The fraction of sp³-hybridized carbons (Fsp3) is 0.444. The summed E-state index contributed by atoms with van der Waals surface area (Å²) in [5.74, 6) is 0.867. The average Bonchev–Trinajstić information content (AvgIpc) is 2.94. The minimum atomic E-state index is 0.613. The van der Waals surface area contributed by atoms with Crippen LogP contribution in [0.4, 0.5) is 5.82 Å². The van der Waals surface area contributed by atoms with Crippen molar-refractivity contribution in [3.05, 3.63) is 35.0 Å². The van der Waals surface area contributed by atoms with E-state index in [-0.39, 0.29) is 0 Å². The van der Waals surface area contributed by atoms with Crippen molar-refractivity contribution < 1.29 is 4.74 Å². The summed E-state index contributed by atoms with van der Waals surface area (Å²) >= 11 is 6.38. The smallest absolute Gasteiger partial charge is 0.176 e. The molecular weight excluding hydrogens is 338 g/mol. The first kappa shape index (κ1) is 16.6. The predicted molar refractivity (Wildman–Crippen MR) is 101 cm³/mol. The van der Waals surface area contributed by atoms with E-state index in [1.165, 1.54) is 0 Å². The van der Waals surface area contributed by atoms with Gasteiger partial charge < -0.3 is 10.1 Å². The van der Waals surface area contributed by atoms with E-state index >= 15 is 0 Å². The van der Waals surface area contributed by atoms with Gasteiger partial charge in [0.1, 0.15) is 10.8 Å². The zero-order valence-electron chi connectivity index (χ0n) is 14.3. The maximum absolute atomic E-state index is 6.38. The summed E-state index contributed by atoms with van der Waals surface area (Å²) in [5, 5.41) is 9.67. The van der Waals surface area contributed by atoms with Crippen molar-refractivity contribution in [3.8, 4) is 0 Å². The Morgan fingerprint density at radius 2 is 2.04 bits per heavy atom. The number of hydrogen-bond donors (Lipinski definition) is 1. The number of para-hydroxylation sites is 1. The zero-order valence-corrected chi connectivity index (χ0v) is 15.1.